The van der Waals surface area contributed by atoms with Gasteiger partial charge in [0.25, 0.3) is 0 Å². The second-order valence-corrected chi connectivity index (χ2v) is 15.4. The van der Waals surface area contributed by atoms with Crippen LogP contribution in [-0.2, 0) is 35.1 Å². The summed E-state index contributed by atoms with van der Waals surface area (Å²) in [5, 5.41) is 3.20. The smallest absolute Gasteiger partial charge is 0.342 e. The predicted molar refractivity (Wildman–Crippen MR) is 158 cm³/mol. The number of anilines is 2. The van der Waals surface area contributed by atoms with Crippen LogP contribution in [0.4, 0.5) is 11.4 Å². The van der Waals surface area contributed by atoms with Gasteiger partial charge in [0.05, 0.1) is 23.9 Å². The number of rotatable bonds is 9. The van der Waals surface area contributed by atoms with Crippen molar-refractivity contribution in [1.82, 2.24) is 4.90 Å². The molecule has 1 amide bonds. The van der Waals surface area contributed by atoms with E-state index in [9.17, 15) is 22.6 Å². The standard InChI is InChI=1S/C28H37N4O6PS/c1-7-38-39(35)22-17-20(31-40(6,36)37)13-14-21(22)29-25(30-39)23-24(33)28(5,18-19-11-9-8-10-12-19)32(26(23)34)16-15-27(2,3)4/h8-14,17,23,31H,7,15-16,18H2,1-6H3,(H,29,30,35). The summed E-state index contributed by atoms with van der Waals surface area (Å²) >= 11 is 0. The Hall–Kier alpha value is -3.01. The van der Waals surface area contributed by atoms with Crippen LogP contribution in [0.1, 0.15) is 46.6 Å². The van der Waals surface area contributed by atoms with Gasteiger partial charge >= 0.3 is 7.52 Å². The number of fused-ring (bicyclic) bond motifs is 1. The molecular weight excluding hydrogens is 551 g/mol. The molecule has 2 N–H and O–H groups in total. The Kier molecular flexibility index (Phi) is 8.06. The van der Waals surface area contributed by atoms with Gasteiger partial charge in [-0.2, -0.15) is 4.76 Å². The van der Waals surface area contributed by atoms with E-state index in [4.69, 9.17) is 4.52 Å². The SMILES string of the molecule is CCOP1(=O)N=C(C2C(=O)N(CCC(C)(C)C)C(C)(Cc3ccccc3)C2=O)Nc2ccc(NS(C)(=O)=O)cc21. The molecule has 3 atom stereocenters. The summed E-state index contributed by atoms with van der Waals surface area (Å²) in [6.07, 6.45) is 2.02. The molecule has 1 saturated heterocycles. The summed E-state index contributed by atoms with van der Waals surface area (Å²) in [6.45, 7) is 10.1. The van der Waals surface area contributed by atoms with Crippen LogP contribution in [0, 0.1) is 11.3 Å². The summed E-state index contributed by atoms with van der Waals surface area (Å²) in [6, 6.07) is 14.0. The fourth-order valence-electron chi connectivity index (χ4n) is 5.09. The summed E-state index contributed by atoms with van der Waals surface area (Å²) in [7, 11) is -7.54. The Labute approximate surface area is 236 Å². The second kappa shape index (κ2) is 10.8. The number of ketones is 1. The molecule has 12 heteroatoms. The van der Waals surface area contributed by atoms with Gasteiger partial charge in [-0.15, -0.1) is 0 Å². The Balaban J connectivity index is 1.77. The fourth-order valence-corrected chi connectivity index (χ4v) is 7.48. The molecule has 2 aromatic rings. The zero-order valence-corrected chi connectivity index (χ0v) is 25.4. The zero-order chi connectivity index (χ0) is 29.5. The minimum absolute atomic E-state index is 0.0272. The first-order valence-corrected chi connectivity index (χ1v) is 16.7. The van der Waals surface area contributed by atoms with Crippen molar-refractivity contribution in [3.8, 4) is 0 Å². The third-order valence-electron chi connectivity index (χ3n) is 7.06. The highest BCUT2D eigenvalue weighted by Gasteiger charge is 2.58. The van der Waals surface area contributed by atoms with Crippen LogP contribution in [-0.4, -0.2) is 55.8 Å². The van der Waals surface area contributed by atoms with Gasteiger partial charge in [-0.25, -0.2) is 8.42 Å². The minimum Gasteiger partial charge on any atom is -0.342 e. The first-order valence-electron chi connectivity index (χ1n) is 13.2. The van der Waals surface area contributed by atoms with Gasteiger partial charge in [0.15, 0.2) is 11.7 Å². The number of hydrogen-bond donors (Lipinski definition) is 2. The number of carbonyl (C=O) groups is 2. The number of hydrogen-bond acceptors (Lipinski definition) is 7. The Morgan fingerprint density at radius 3 is 2.42 bits per heavy atom. The second-order valence-electron chi connectivity index (χ2n) is 11.7. The number of sulfonamides is 1. The van der Waals surface area contributed by atoms with Gasteiger partial charge in [0, 0.05) is 18.7 Å². The van der Waals surface area contributed by atoms with Crippen LogP contribution < -0.4 is 15.3 Å². The molecule has 2 aliphatic heterocycles. The lowest BCUT2D eigenvalue weighted by Gasteiger charge is -2.35. The quantitative estimate of drug-likeness (QED) is 0.331. The number of Topliss-reactive ketones (excluding diaryl/α,β-unsaturated/α-hetero) is 1. The summed E-state index contributed by atoms with van der Waals surface area (Å²) < 4.78 is 50.0. The number of carbonyl (C=O) groups excluding carboxylic acids is 2. The van der Waals surface area contributed by atoms with Gasteiger partial charge in [-0.05, 0) is 49.4 Å². The number of amides is 1. The molecule has 0 spiro atoms. The highest BCUT2D eigenvalue weighted by atomic mass is 32.2. The first-order chi connectivity index (χ1) is 18.6. The summed E-state index contributed by atoms with van der Waals surface area (Å²) in [4.78, 5) is 29.8. The fraction of sp³-hybridized carbons (Fsp3) is 0.464. The van der Waals surface area contributed by atoms with Crippen LogP contribution in [0.15, 0.2) is 53.3 Å². The molecule has 40 heavy (non-hydrogen) atoms. The van der Waals surface area contributed by atoms with Crippen molar-refractivity contribution in [2.45, 2.75) is 53.0 Å². The molecule has 1 fully saturated rings. The van der Waals surface area contributed by atoms with Gasteiger partial charge in [0.1, 0.15) is 11.4 Å². The molecule has 0 bridgehead atoms. The van der Waals surface area contributed by atoms with E-state index in [1.807, 2.05) is 30.3 Å². The minimum atomic E-state index is -3.96. The molecule has 0 aliphatic carbocycles. The van der Waals surface area contributed by atoms with Crippen molar-refractivity contribution in [1.29, 1.82) is 0 Å². The lowest BCUT2D eigenvalue weighted by molar-refractivity contribution is -0.133. The third-order valence-corrected chi connectivity index (χ3v) is 9.74. The summed E-state index contributed by atoms with van der Waals surface area (Å²) in [5.74, 6) is -2.05. The van der Waals surface area contributed by atoms with Crippen LogP contribution in [0.5, 0.6) is 0 Å². The van der Waals surface area contributed by atoms with Crippen molar-refractivity contribution in [3.63, 3.8) is 0 Å². The zero-order valence-electron chi connectivity index (χ0n) is 23.7. The topological polar surface area (TPSA) is 134 Å². The molecule has 4 rings (SSSR count). The summed E-state index contributed by atoms with van der Waals surface area (Å²) in [5.41, 5.74) is 0.231. The van der Waals surface area contributed by atoms with Crippen molar-refractivity contribution in [2.24, 2.45) is 16.1 Å². The molecule has 0 aromatic heterocycles. The third kappa shape index (κ3) is 6.16. The number of amidine groups is 1. The van der Waals surface area contributed by atoms with Crippen molar-refractivity contribution >= 4 is 51.7 Å². The lowest BCUT2D eigenvalue weighted by Crippen LogP contribution is -2.49. The number of nitrogens with zero attached hydrogens (tertiary/aromatic N) is 2. The number of benzene rings is 2. The Morgan fingerprint density at radius 2 is 1.82 bits per heavy atom. The van der Waals surface area contributed by atoms with E-state index in [0.717, 1.165) is 11.8 Å². The lowest BCUT2D eigenvalue weighted by atomic mass is 9.85. The van der Waals surface area contributed by atoms with E-state index in [1.54, 1.807) is 18.7 Å². The van der Waals surface area contributed by atoms with Crippen molar-refractivity contribution in [2.75, 3.05) is 29.4 Å². The molecule has 216 valence electrons. The maximum atomic E-state index is 14.2. The normalized spacial score (nSPS) is 24.9. The molecule has 2 heterocycles. The largest absolute Gasteiger partial charge is 0.348 e. The van der Waals surface area contributed by atoms with Crippen LogP contribution >= 0.6 is 7.52 Å². The maximum absolute atomic E-state index is 14.2. The highest BCUT2D eigenvalue weighted by Crippen LogP contribution is 2.53. The monoisotopic (exact) mass is 588 g/mol. The molecular formula is C28H37N4O6PS. The average Bonchev–Trinajstić information content (AvgIpc) is 3.01. The molecule has 0 radical (unpaired) electrons. The average molecular weight is 589 g/mol. The van der Waals surface area contributed by atoms with Crippen LogP contribution in [0.3, 0.4) is 0 Å². The highest BCUT2D eigenvalue weighted by molar-refractivity contribution is 7.92. The first kappa shape index (κ1) is 30.0. The van der Waals surface area contributed by atoms with Crippen molar-refractivity contribution in [3.05, 3.63) is 54.1 Å². The molecule has 10 nitrogen and oxygen atoms in total. The van der Waals surface area contributed by atoms with E-state index < -0.39 is 34.9 Å². The van der Waals surface area contributed by atoms with E-state index in [1.165, 1.54) is 18.2 Å². The number of likely N-dealkylation sites (tertiary alicyclic amines) is 1. The van der Waals surface area contributed by atoms with Gasteiger partial charge in [0.2, 0.25) is 15.9 Å². The number of nitrogens with one attached hydrogen (secondary N) is 2. The maximum Gasteiger partial charge on any atom is 0.348 e. The van der Waals surface area contributed by atoms with E-state index in [-0.39, 0.29) is 34.6 Å². The Bertz CT molecular complexity index is 1500. The van der Waals surface area contributed by atoms with Gasteiger partial charge in [-0.1, -0.05) is 51.1 Å². The van der Waals surface area contributed by atoms with Crippen LogP contribution in [0.2, 0.25) is 0 Å². The van der Waals surface area contributed by atoms with E-state index >= 15 is 0 Å². The van der Waals surface area contributed by atoms with E-state index in [2.05, 4.69) is 35.6 Å². The predicted octanol–water partition coefficient (Wildman–Crippen LogP) is 4.20. The molecule has 2 aromatic carbocycles. The van der Waals surface area contributed by atoms with Crippen LogP contribution in [0.25, 0.3) is 0 Å². The molecule has 3 unspecified atom stereocenters. The van der Waals surface area contributed by atoms with Gasteiger partial charge < -0.3 is 14.7 Å². The van der Waals surface area contributed by atoms with E-state index in [0.29, 0.717) is 25.1 Å². The Morgan fingerprint density at radius 1 is 1.15 bits per heavy atom. The molecule has 2 aliphatic rings. The van der Waals surface area contributed by atoms with Gasteiger partial charge in [-0.3, -0.25) is 18.9 Å². The molecule has 0 saturated carbocycles. The van der Waals surface area contributed by atoms with Crippen molar-refractivity contribution < 1.29 is 27.1 Å².